The highest BCUT2D eigenvalue weighted by Crippen LogP contribution is 2.51. The maximum atomic E-state index is 13.0. The highest BCUT2D eigenvalue weighted by molar-refractivity contribution is 5.73. The van der Waals surface area contributed by atoms with Crippen LogP contribution in [0.1, 0.15) is 215 Å². The van der Waals surface area contributed by atoms with Crippen LogP contribution in [0.25, 0.3) is 0 Å². The molecule has 3 saturated carbocycles. The van der Waals surface area contributed by atoms with Crippen molar-refractivity contribution in [3.8, 4) is 23.0 Å². The minimum absolute atomic E-state index is 0.0202. The molecular weight excluding hydrogens is 1310 g/mol. The summed E-state index contributed by atoms with van der Waals surface area (Å²) in [7, 11) is 0. The van der Waals surface area contributed by atoms with Crippen molar-refractivity contribution in [2.24, 2.45) is 23.5 Å². The first kappa shape index (κ1) is 77.6. The van der Waals surface area contributed by atoms with E-state index in [1.54, 1.807) is 15.9 Å². The molecule has 6 aliphatic carbocycles. The molecule has 0 heterocycles. The Bertz CT molecular complexity index is 3840. The summed E-state index contributed by atoms with van der Waals surface area (Å²) in [5.74, 6) is 2.89. The summed E-state index contributed by atoms with van der Waals surface area (Å²) >= 11 is 0. The molecule has 19 nitrogen and oxygen atoms in total. The monoisotopic (exact) mass is 1420 g/mol. The van der Waals surface area contributed by atoms with Crippen LogP contribution in [0.5, 0.6) is 23.0 Å². The molecule has 12 rings (SSSR count). The summed E-state index contributed by atoms with van der Waals surface area (Å²) in [6.45, 7) is 18.4. The standard InChI is InChI=1S/C31H32N2O7.C31H42N2O4.C23H36N2O2/c1-31-17-7-3-6-10-23(28(31)32-29(34)38-20-21-8-4-2-5-9-21)18-22-11-14-26(19-27(22)31)40-30(35)39-25-15-12-24(13-16-25)33(36)37;1-4-18-33(19-5-2)30(35)37-26-16-15-24-20-25-14-10-7-11-17-31(3,27(24)21-26)28(25)32-29(34)36-22-23-12-8-6-9-13-23;1-4-13-25(14-5-2)22(26)27-19-11-10-17-15-18-9-7-6-8-12-23(3,21(18)24)20(17)16-19/h2,4-5,8-9,11-16,19,23,28H,3,6-7,10,17-18,20H2,1H3,(H,32,34);6,8-9,12-13,15-16,21,25,28H,4-5,7,10-11,14,17-20,22H2,1-3H3,(H,32,34);10-11,16,18,21H,4-9,12-15,24H2,1-3H3/t23-,28-,31+;25-,28-,31+;18-,21-,23+/m000/s1. The Balaban J connectivity index is 0.000000171. The van der Waals surface area contributed by atoms with Crippen molar-refractivity contribution in [2.75, 3.05) is 26.2 Å². The first-order valence-electron chi connectivity index (χ1n) is 38.4. The molecule has 0 spiro atoms. The molecule has 0 unspecified atom stereocenters. The number of alkyl carbamates (subject to hydrolysis) is 2. The van der Waals surface area contributed by atoms with Gasteiger partial charge in [-0.1, -0.05) is 185 Å². The molecule has 0 aromatic heterocycles. The fourth-order valence-electron chi connectivity index (χ4n) is 17.4. The van der Waals surface area contributed by atoms with Crippen LogP contribution in [0.15, 0.2) is 140 Å². The first-order chi connectivity index (χ1) is 50.2. The van der Waals surface area contributed by atoms with Crippen molar-refractivity contribution in [3.63, 3.8) is 0 Å². The van der Waals surface area contributed by atoms with E-state index in [4.69, 9.17) is 34.2 Å². The average molecular weight is 1420 g/mol. The van der Waals surface area contributed by atoms with E-state index in [1.165, 1.54) is 90.6 Å². The van der Waals surface area contributed by atoms with Crippen LogP contribution in [-0.2, 0) is 58.2 Å². The van der Waals surface area contributed by atoms with Gasteiger partial charge in [-0.25, -0.2) is 24.0 Å². The second-order valence-electron chi connectivity index (χ2n) is 30.2. The molecule has 4 N–H and O–H groups in total. The van der Waals surface area contributed by atoms with Gasteiger partial charge in [0.2, 0.25) is 0 Å². The maximum absolute atomic E-state index is 13.0. The number of fused-ring (bicyclic) bond motifs is 12. The van der Waals surface area contributed by atoms with E-state index >= 15 is 0 Å². The molecule has 3 fully saturated rings. The Morgan fingerprint density at radius 3 is 1.22 bits per heavy atom. The molecule has 4 amide bonds. The average Bonchev–Trinajstić information content (AvgIpc) is 0.758. The number of hydrogen-bond donors (Lipinski definition) is 3. The number of rotatable bonds is 19. The van der Waals surface area contributed by atoms with Crippen LogP contribution in [0.4, 0.5) is 29.7 Å². The third-order valence-corrected chi connectivity index (χ3v) is 22.7. The van der Waals surface area contributed by atoms with Crippen molar-refractivity contribution in [2.45, 2.75) is 237 Å². The molecule has 19 heteroatoms. The van der Waals surface area contributed by atoms with E-state index in [0.29, 0.717) is 42.2 Å². The Kier molecular flexibility index (Phi) is 27.4. The van der Waals surface area contributed by atoms with Crippen molar-refractivity contribution in [3.05, 3.63) is 194 Å². The second-order valence-corrected chi connectivity index (χ2v) is 30.2. The zero-order valence-electron chi connectivity index (χ0n) is 62.3. The number of nitro groups is 1. The SMILES string of the molecule is CCCN(CCC)C(=O)Oc1ccc2c(c1)[C@@]1(C)CCCCC[C@@H](C2)[C@@H]1N.CCCN(CCC)C(=O)Oc1ccc2c(c1)[C@@]1(C)CCCCC[C@@H](C2)[C@@H]1NC(=O)OCc1ccccc1.C[C@@]12CCCCC[C@@H](Cc3ccc(OC(=O)Oc4ccc([N+](=O)[O-])cc4)cc31)[C@@H]2NC(=O)OCc1ccccc1. The quantitative estimate of drug-likeness (QED) is 0.0296. The van der Waals surface area contributed by atoms with Gasteiger partial charge in [0, 0.05) is 72.7 Å². The van der Waals surface area contributed by atoms with Gasteiger partial charge >= 0.3 is 30.5 Å². The highest BCUT2D eigenvalue weighted by Gasteiger charge is 2.49. The van der Waals surface area contributed by atoms with Gasteiger partial charge in [-0.3, -0.25) is 10.1 Å². The number of carbonyl (C=O) groups is 5. The van der Waals surface area contributed by atoms with Gasteiger partial charge < -0.3 is 54.6 Å². The normalized spacial score (nSPS) is 23.5. The first-order valence-corrected chi connectivity index (χ1v) is 38.4. The smallest absolute Gasteiger partial charge is 0.445 e. The number of hydrogen-bond acceptors (Lipinski definition) is 14. The van der Waals surface area contributed by atoms with Gasteiger partial charge in [-0.15, -0.1) is 0 Å². The third-order valence-electron chi connectivity index (χ3n) is 22.7. The Hall–Kier alpha value is -8.97. The van der Waals surface area contributed by atoms with Gasteiger partial charge in [0.25, 0.3) is 5.69 Å². The molecule has 6 aromatic rings. The van der Waals surface area contributed by atoms with Gasteiger partial charge in [-0.2, -0.15) is 0 Å². The molecule has 6 aromatic carbocycles. The lowest BCUT2D eigenvalue weighted by atomic mass is 9.59. The zero-order chi connectivity index (χ0) is 73.8. The predicted molar refractivity (Wildman–Crippen MR) is 403 cm³/mol. The minimum atomic E-state index is -0.940. The zero-order valence-corrected chi connectivity index (χ0v) is 62.3. The number of ether oxygens (including phenoxy) is 6. The number of amides is 4. The number of carbonyl (C=O) groups excluding carboxylic acids is 5. The van der Waals surface area contributed by atoms with Crippen molar-refractivity contribution >= 4 is 36.2 Å². The molecule has 104 heavy (non-hydrogen) atoms. The molecular formula is C85H110N6O13. The van der Waals surface area contributed by atoms with Crippen LogP contribution in [0, 0.1) is 27.9 Å². The fourth-order valence-corrected chi connectivity index (χ4v) is 17.4. The number of nitro benzene ring substituents is 1. The van der Waals surface area contributed by atoms with E-state index in [2.05, 4.69) is 77.3 Å². The number of benzene rings is 6. The predicted octanol–water partition coefficient (Wildman–Crippen LogP) is 18.9. The Morgan fingerprint density at radius 2 is 0.817 bits per heavy atom. The molecule has 6 bridgehead atoms. The van der Waals surface area contributed by atoms with Crippen LogP contribution in [0.3, 0.4) is 0 Å². The minimum Gasteiger partial charge on any atom is -0.445 e. The van der Waals surface area contributed by atoms with Crippen molar-refractivity contribution in [1.82, 2.24) is 20.4 Å². The van der Waals surface area contributed by atoms with Gasteiger partial charge in [0.1, 0.15) is 36.2 Å². The summed E-state index contributed by atoms with van der Waals surface area (Å²) in [4.78, 5) is 77.8. The van der Waals surface area contributed by atoms with Gasteiger partial charge in [0.05, 0.1) is 4.92 Å². The Labute approximate surface area is 615 Å². The van der Waals surface area contributed by atoms with E-state index in [1.807, 2.05) is 91.0 Å². The summed E-state index contributed by atoms with van der Waals surface area (Å²) in [6, 6.07) is 42.5. The largest absolute Gasteiger partial charge is 0.519 e. The highest BCUT2D eigenvalue weighted by atomic mass is 16.7. The van der Waals surface area contributed by atoms with E-state index in [0.717, 1.165) is 133 Å². The molecule has 558 valence electrons. The van der Waals surface area contributed by atoms with Crippen LogP contribution in [0.2, 0.25) is 0 Å². The van der Waals surface area contributed by atoms with Crippen molar-refractivity contribution in [1.29, 1.82) is 0 Å². The third kappa shape index (κ3) is 19.5. The molecule has 6 aliphatic rings. The van der Waals surface area contributed by atoms with Crippen molar-refractivity contribution < 1.29 is 57.3 Å². The van der Waals surface area contributed by atoms with Crippen LogP contribution >= 0.6 is 0 Å². The van der Waals surface area contributed by atoms with Gasteiger partial charge in [-0.05, 0) is 194 Å². The Morgan fingerprint density at radius 1 is 0.462 bits per heavy atom. The fraction of sp³-hybridized carbons (Fsp3) is 0.518. The summed E-state index contributed by atoms with van der Waals surface area (Å²) in [5.41, 5.74) is 15.3. The number of non-ortho nitro benzene ring substituents is 1. The molecule has 0 saturated heterocycles. The maximum Gasteiger partial charge on any atom is 0.519 e. The molecule has 9 atom stereocenters. The van der Waals surface area contributed by atoms with E-state index < -0.39 is 17.2 Å². The molecule has 0 radical (unpaired) electrons. The summed E-state index contributed by atoms with van der Waals surface area (Å²) < 4.78 is 33.6. The number of nitrogens with zero attached hydrogens (tertiary/aromatic N) is 3. The lowest BCUT2D eigenvalue weighted by molar-refractivity contribution is -0.384. The van der Waals surface area contributed by atoms with Crippen LogP contribution in [-0.4, -0.2) is 89.6 Å². The summed E-state index contributed by atoms with van der Waals surface area (Å²) in [6.07, 6.45) is 21.0. The topological polar surface area (TPSA) is 240 Å². The second kappa shape index (κ2) is 36.6. The molecule has 0 aliphatic heterocycles. The van der Waals surface area contributed by atoms with E-state index in [9.17, 15) is 34.1 Å². The van der Waals surface area contributed by atoms with Gasteiger partial charge in [0.15, 0.2) is 0 Å². The lowest BCUT2D eigenvalue weighted by Gasteiger charge is -2.49. The van der Waals surface area contributed by atoms with Crippen LogP contribution < -0.4 is 35.3 Å². The summed E-state index contributed by atoms with van der Waals surface area (Å²) in [5, 5.41) is 17.3. The lowest BCUT2D eigenvalue weighted by Crippen LogP contribution is -2.57. The van der Waals surface area contributed by atoms with E-state index in [-0.39, 0.29) is 83.2 Å². The number of nitrogens with two attached hydrogens (primary N) is 1. The number of nitrogens with one attached hydrogen (secondary N) is 2.